The van der Waals surface area contributed by atoms with Crippen LogP contribution in [0.4, 0.5) is 0 Å². The second-order valence-electron chi connectivity index (χ2n) is 8.54. The van der Waals surface area contributed by atoms with Gasteiger partial charge in [0, 0.05) is 38.8 Å². The van der Waals surface area contributed by atoms with Crippen LogP contribution in [0.1, 0.15) is 53.2 Å². The number of fused-ring (bicyclic) bond motifs is 1. The minimum atomic E-state index is -0.0671. The number of hydrogen-bond donors (Lipinski definition) is 2. The van der Waals surface area contributed by atoms with Crippen molar-refractivity contribution in [2.75, 3.05) is 32.7 Å². The van der Waals surface area contributed by atoms with Crippen LogP contribution < -0.4 is 10.6 Å². The molecule has 29 heavy (non-hydrogen) atoms. The zero-order valence-electron chi connectivity index (χ0n) is 17.7. The van der Waals surface area contributed by atoms with Gasteiger partial charge in [-0.3, -0.25) is 9.69 Å². The summed E-state index contributed by atoms with van der Waals surface area (Å²) in [6.45, 7) is 9.99. The maximum Gasteiger partial charge on any atom is 0.271 e. The number of nitrogens with zero attached hydrogens (tertiary/aromatic N) is 3. The first-order valence-electron chi connectivity index (χ1n) is 11.0. The summed E-state index contributed by atoms with van der Waals surface area (Å²) in [5.74, 6) is 1.72. The average molecular weight is 396 g/mol. The number of carbonyl (C=O) groups excluding carboxylic acids is 1. The van der Waals surface area contributed by atoms with Gasteiger partial charge >= 0.3 is 0 Å². The number of benzene rings is 1. The van der Waals surface area contributed by atoms with E-state index in [1.54, 1.807) is 0 Å². The molecule has 156 valence electrons. The third kappa shape index (κ3) is 4.70. The molecule has 1 atom stereocenters. The van der Waals surface area contributed by atoms with E-state index in [4.69, 9.17) is 0 Å². The lowest BCUT2D eigenvalue weighted by atomic mass is 9.94. The number of imidazole rings is 1. The standard InChI is InChI=1S/C23H33N5O/c1-17-8-12-27(13-9-17)21(19-6-4-3-5-18(19)2)15-25-23(29)20-16-28-14-11-24-10-7-22(28)26-20/h3-6,16-17,21,24H,7-15H2,1-2H3,(H,25,29). The number of carbonyl (C=O) groups is 1. The first kappa shape index (κ1) is 20.1. The van der Waals surface area contributed by atoms with Crippen molar-refractivity contribution >= 4 is 5.91 Å². The van der Waals surface area contributed by atoms with Crippen LogP contribution in [0.25, 0.3) is 0 Å². The van der Waals surface area contributed by atoms with Crippen LogP contribution in [-0.4, -0.2) is 53.1 Å². The van der Waals surface area contributed by atoms with Gasteiger partial charge in [-0.25, -0.2) is 4.98 Å². The van der Waals surface area contributed by atoms with Crippen molar-refractivity contribution < 1.29 is 4.79 Å². The number of likely N-dealkylation sites (tertiary alicyclic amines) is 1. The van der Waals surface area contributed by atoms with Gasteiger partial charge in [-0.15, -0.1) is 0 Å². The molecule has 1 saturated heterocycles. The molecule has 1 unspecified atom stereocenters. The van der Waals surface area contributed by atoms with Crippen LogP contribution in [0.5, 0.6) is 0 Å². The highest BCUT2D eigenvalue weighted by atomic mass is 16.1. The molecule has 6 heteroatoms. The van der Waals surface area contributed by atoms with E-state index in [1.165, 1.54) is 24.0 Å². The monoisotopic (exact) mass is 395 g/mol. The number of aromatic nitrogens is 2. The van der Waals surface area contributed by atoms with Crippen LogP contribution in [0, 0.1) is 12.8 Å². The zero-order valence-corrected chi connectivity index (χ0v) is 17.7. The highest BCUT2D eigenvalue weighted by molar-refractivity contribution is 5.92. The number of piperidine rings is 1. The van der Waals surface area contributed by atoms with Crippen molar-refractivity contribution in [1.82, 2.24) is 25.1 Å². The van der Waals surface area contributed by atoms with Crippen molar-refractivity contribution in [2.45, 2.75) is 45.7 Å². The molecule has 0 bridgehead atoms. The number of rotatable bonds is 5. The predicted molar refractivity (Wildman–Crippen MR) is 115 cm³/mol. The Balaban J connectivity index is 1.47. The summed E-state index contributed by atoms with van der Waals surface area (Å²) in [6, 6.07) is 8.76. The summed E-state index contributed by atoms with van der Waals surface area (Å²) >= 11 is 0. The van der Waals surface area contributed by atoms with Gasteiger partial charge in [0.25, 0.3) is 5.91 Å². The van der Waals surface area contributed by atoms with Crippen molar-refractivity contribution in [1.29, 1.82) is 0 Å². The molecule has 1 aromatic heterocycles. The Hall–Kier alpha value is -2.18. The Kier molecular flexibility index (Phi) is 6.31. The summed E-state index contributed by atoms with van der Waals surface area (Å²) in [5.41, 5.74) is 3.14. The van der Waals surface area contributed by atoms with Crippen LogP contribution >= 0.6 is 0 Å². The molecule has 1 aromatic carbocycles. The Labute approximate surface area is 173 Å². The van der Waals surface area contributed by atoms with Crippen LogP contribution in [0.3, 0.4) is 0 Å². The third-order valence-corrected chi connectivity index (χ3v) is 6.41. The molecule has 2 aromatic rings. The van der Waals surface area contributed by atoms with Crippen molar-refractivity contribution in [3.05, 3.63) is 53.1 Å². The van der Waals surface area contributed by atoms with Gasteiger partial charge in [0.05, 0.1) is 6.04 Å². The summed E-state index contributed by atoms with van der Waals surface area (Å²) < 4.78 is 2.11. The Morgan fingerprint density at radius 1 is 1.24 bits per heavy atom. The minimum Gasteiger partial charge on any atom is -0.349 e. The van der Waals surface area contributed by atoms with E-state index in [9.17, 15) is 4.79 Å². The fraction of sp³-hybridized carbons (Fsp3) is 0.565. The molecule has 2 aliphatic heterocycles. The van der Waals surface area contributed by atoms with Gasteiger partial charge in [0.1, 0.15) is 11.5 Å². The normalized spacial score (nSPS) is 19.4. The molecule has 1 amide bonds. The van der Waals surface area contributed by atoms with Gasteiger partial charge < -0.3 is 15.2 Å². The predicted octanol–water partition coefficient (Wildman–Crippen LogP) is 2.54. The van der Waals surface area contributed by atoms with Gasteiger partial charge in [-0.2, -0.15) is 0 Å². The summed E-state index contributed by atoms with van der Waals surface area (Å²) in [4.78, 5) is 20.0. The molecule has 0 radical (unpaired) electrons. The fourth-order valence-electron chi connectivity index (χ4n) is 4.50. The van der Waals surface area contributed by atoms with Crippen LogP contribution in [0.15, 0.2) is 30.5 Å². The lowest BCUT2D eigenvalue weighted by molar-refractivity contribution is 0.0908. The van der Waals surface area contributed by atoms with E-state index in [0.29, 0.717) is 12.2 Å². The number of nitrogens with one attached hydrogen (secondary N) is 2. The van der Waals surface area contributed by atoms with E-state index in [2.05, 4.69) is 63.2 Å². The van der Waals surface area contributed by atoms with Gasteiger partial charge in [0.2, 0.25) is 0 Å². The molecule has 2 N–H and O–H groups in total. The summed E-state index contributed by atoms with van der Waals surface area (Å²) in [6.07, 6.45) is 5.21. The van der Waals surface area contributed by atoms with Crippen molar-refractivity contribution in [3.63, 3.8) is 0 Å². The Morgan fingerprint density at radius 2 is 2.03 bits per heavy atom. The fourth-order valence-corrected chi connectivity index (χ4v) is 4.50. The van der Waals surface area contributed by atoms with E-state index in [0.717, 1.165) is 50.9 Å². The lowest BCUT2D eigenvalue weighted by Crippen LogP contribution is -2.42. The Morgan fingerprint density at radius 3 is 2.83 bits per heavy atom. The quantitative estimate of drug-likeness (QED) is 0.817. The molecule has 1 fully saturated rings. The van der Waals surface area contributed by atoms with E-state index in [1.807, 2.05) is 6.20 Å². The Bertz CT molecular complexity index is 814. The highest BCUT2D eigenvalue weighted by Gasteiger charge is 2.26. The lowest BCUT2D eigenvalue weighted by Gasteiger charge is -2.37. The number of amides is 1. The minimum absolute atomic E-state index is 0.0671. The van der Waals surface area contributed by atoms with Gasteiger partial charge in [0.15, 0.2) is 0 Å². The molecule has 0 saturated carbocycles. The molecule has 4 rings (SSSR count). The van der Waals surface area contributed by atoms with Gasteiger partial charge in [-0.05, 0) is 49.9 Å². The molecule has 2 aliphatic rings. The molecule has 3 heterocycles. The number of aryl methyl sites for hydroxylation is 1. The van der Waals surface area contributed by atoms with Crippen LogP contribution in [-0.2, 0) is 13.0 Å². The first-order chi connectivity index (χ1) is 14.1. The molecule has 0 spiro atoms. The maximum absolute atomic E-state index is 12.9. The molecule has 6 nitrogen and oxygen atoms in total. The second kappa shape index (κ2) is 9.09. The SMILES string of the molecule is Cc1ccccc1C(CNC(=O)c1cn2c(n1)CCNCC2)N1CCC(C)CC1. The van der Waals surface area contributed by atoms with Gasteiger partial charge in [-0.1, -0.05) is 31.2 Å². The zero-order chi connectivity index (χ0) is 20.2. The van der Waals surface area contributed by atoms with E-state index >= 15 is 0 Å². The second-order valence-corrected chi connectivity index (χ2v) is 8.54. The van der Waals surface area contributed by atoms with Crippen LogP contribution in [0.2, 0.25) is 0 Å². The van der Waals surface area contributed by atoms with E-state index in [-0.39, 0.29) is 11.9 Å². The highest BCUT2D eigenvalue weighted by Crippen LogP contribution is 2.28. The average Bonchev–Trinajstić information content (AvgIpc) is 3.01. The smallest absolute Gasteiger partial charge is 0.271 e. The number of hydrogen-bond acceptors (Lipinski definition) is 4. The maximum atomic E-state index is 12.9. The molecular weight excluding hydrogens is 362 g/mol. The summed E-state index contributed by atoms with van der Waals surface area (Å²) in [7, 11) is 0. The van der Waals surface area contributed by atoms with Crippen molar-refractivity contribution in [2.24, 2.45) is 5.92 Å². The summed E-state index contributed by atoms with van der Waals surface area (Å²) in [5, 5.41) is 6.55. The van der Waals surface area contributed by atoms with E-state index < -0.39 is 0 Å². The molecular formula is C23H33N5O. The largest absolute Gasteiger partial charge is 0.349 e. The first-order valence-corrected chi connectivity index (χ1v) is 11.0. The topological polar surface area (TPSA) is 62.2 Å². The third-order valence-electron chi connectivity index (χ3n) is 6.41. The van der Waals surface area contributed by atoms with Crippen molar-refractivity contribution in [3.8, 4) is 0 Å². The molecule has 0 aliphatic carbocycles.